The number of amides is 2. The van der Waals surface area contributed by atoms with Crippen molar-refractivity contribution in [3.8, 4) is 0 Å². The molecule has 0 atom stereocenters. The van der Waals surface area contributed by atoms with Crippen LogP contribution in [0.15, 0.2) is 85.2 Å². The third kappa shape index (κ3) is 8.34. The Morgan fingerprint density at radius 1 is 1.12 bits per heavy atom. The molecule has 25 heavy (non-hydrogen) atoms. The molecule has 0 saturated heterocycles. The second-order valence-corrected chi connectivity index (χ2v) is 4.84. The van der Waals surface area contributed by atoms with Crippen molar-refractivity contribution in [3.63, 3.8) is 0 Å². The van der Waals surface area contributed by atoms with Gasteiger partial charge < -0.3 is 11.1 Å². The van der Waals surface area contributed by atoms with Crippen LogP contribution >= 0.6 is 0 Å². The Labute approximate surface area is 149 Å². The summed E-state index contributed by atoms with van der Waals surface area (Å²) in [5.41, 5.74) is 7.01. The molecule has 0 saturated carbocycles. The molecule has 0 aromatic rings. The summed E-state index contributed by atoms with van der Waals surface area (Å²) in [4.78, 5) is 24.3. The molecule has 0 heterocycles. The van der Waals surface area contributed by atoms with Crippen LogP contribution in [0.3, 0.4) is 0 Å². The quantitative estimate of drug-likeness (QED) is 0.185. The Kier molecular flexibility index (Phi) is 10.8. The molecular weight excluding hydrogens is 316 g/mol. The van der Waals surface area contributed by atoms with E-state index < -0.39 is 11.8 Å². The Morgan fingerprint density at radius 2 is 1.76 bits per heavy atom. The summed E-state index contributed by atoms with van der Waals surface area (Å²) >= 11 is 0. The standard InChI is InChI=1S/C19H26N4O2/c1-5-9-12-15(8-4)13-22-18(24)14-23(21)19(25)16(10-6-2)17(20)11-7-3/h5-12H,1-3,13-14,20-21H2,4H3,(H,22,24)/b12-9-,15-8+,16-10+,17-11+. The van der Waals surface area contributed by atoms with Crippen molar-refractivity contribution in [2.45, 2.75) is 6.92 Å². The van der Waals surface area contributed by atoms with Gasteiger partial charge >= 0.3 is 0 Å². The highest BCUT2D eigenvalue weighted by atomic mass is 16.2. The van der Waals surface area contributed by atoms with Gasteiger partial charge in [-0.2, -0.15) is 0 Å². The van der Waals surface area contributed by atoms with E-state index in [-0.39, 0.29) is 17.8 Å². The summed E-state index contributed by atoms with van der Waals surface area (Å²) in [7, 11) is 0. The number of nitrogens with two attached hydrogens (primary N) is 2. The molecule has 0 rings (SSSR count). The number of nitrogens with one attached hydrogen (secondary N) is 1. The van der Waals surface area contributed by atoms with Gasteiger partial charge in [-0.15, -0.1) is 0 Å². The molecule has 2 amide bonds. The van der Waals surface area contributed by atoms with Crippen LogP contribution in [0.25, 0.3) is 0 Å². The van der Waals surface area contributed by atoms with Crippen molar-refractivity contribution in [2.24, 2.45) is 11.6 Å². The number of allylic oxidation sites excluding steroid dienone is 7. The topological polar surface area (TPSA) is 101 Å². The molecule has 0 bridgehead atoms. The summed E-state index contributed by atoms with van der Waals surface area (Å²) in [5.74, 6) is 4.71. The van der Waals surface area contributed by atoms with Gasteiger partial charge in [0.1, 0.15) is 6.54 Å². The molecule has 5 N–H and O–H groups in total. The van der Waals surface area contributed by atoms with Crippen LogP contribution in [0.4, 0.5) is 0 Å². The second-order valence-electron chi connectivity index (χ2n) is 4.84. The highest BCUT2D eigenvalue weighted by Gasteiger charge is 2.19. The summed E-state index contributed by atoms with van der Waals surface area (Å²) in [5, 5.41) is 3.48. The number of hydrogen-bond acceptors (Lipinski definition) is 4. The van der Waals surface area contributed by atoms with Crippen LogP contribution in [0, 0.1) is 0 Å². The van der Waals surface area contributed by atoms with Gasteiger partial charge in [-0.1, -0.05) is 56.2 Å². The zero-order valence-electron chi connectivity index (χ0n) is 14.6. The van der Waals surface area contributed by atoms with Gasteiger partial charge in [-0.25, -0.2) is 5.84 Å². The van der Waals surface area contributed by atoms with Crippen LogP contribution < -0.4 is 16.9 Å². The highest BCUT2D eigenvalue weighted by Crippen LogP contribution is 2.08. The number of rotatable bonds is 10. The normalized spacial score (nSPS) is 12.6. The Balaban J connectivity index is 4.87. The lowest BCUT2D eigenvalue weighted by Gasteiger charge is -2.18. The maximum absolute atomic E-state index is 12.3. The van der Waals surface area contributed by atoms with E-state index in [9.17, 15) is 9.59 Å². The smallest absolute Gasteiger partial charge is 0.270 e. The van der Waals surface area contributed by atoms with Crippen molar-refractivity contribution in [2.75, 3.05) is 13.1 Å². The minimum atomic E-state index is -0.594. The molecule has 0 unspecified atom stereocenters. The summed E-state index contributed by atoms with van der Waals surface area (Å²) in [6.07, 6.45) is 12.8. The highest BCUT2D eigenvalue weighted by molar-refractivity contribution is 5.99. The first-order valence-electron chi connectivity index (χ1n) is 7.60. The van der Waals surface area contributed by atoms with Crippen LogP contribution in [0.2, 0.25) is 0 Å². The maximum Gasteiger partial charge on any atom is 0.270 e. The van der Waals surface area contributed by atoms with E-state index in [2.05, 4.69) is 25.1 Å². The monoisotopic (exact) mass is 342 g/mol. The molecule has 0 spiro atoms. The van der Waals surface area contributed by atoms with Crippen LogP contribution in [0.5, 0.6) is 0 Å². The van der Waals surface area contributed by atoms with Gasteiger partial charge in [0.25, 0.3) is 5.91 Å². The Bertz CT molecular complexity index is 640. The fraction of sp³-hybridized carbons (Fsp3) is 0.158. The largest absolute Gasteiger partial charge is 0.398 e. The molecule has 134 valence electrons. The van der Waals surface area contributed by atoms with E-state index in [1.807, 2.05) is 19.1 Å². The molecule has 0 aromatic heterocycles. The number of carbonyl (C=O) groups excluding carboxylic acids is 2. The van der Waals surface area contributed by atoms with Gasteiger partial charge in [0, 0.05) is 12.2 Å². The first-order valence-corrected chi connectivity index (χ1v) is 7.60. The first kappa shape index (κ1) is 21.9. The molecule has 0 aromatic carbocycles. The van der Waals surface area contributed by atoms with E-state index in [4.69, 9.17) is 11.6 Å². The lowest BCUT2D eigenvalue weighted by Crippen LogP contribution is -2.46. The van der Waals surface area contributed by atoms with E-state index in [1.165, 1.54) is 24.3 Å². The third-order valence-corrected chi connectivity index (χ3v) is 3.01. The number of hydrogen-bond donors (Lipinski definition) is 3. The van der Waals surface area contributed by atoms with Crippen molar-refractivity contribution >= 4 is 11.8 Å². The Morgan fingerprint density at radius 3 is 2.28 bits per heavy atom. The van der Waals surface area contributed by atoms with Gasteiger partial charge in [0.2, 0.25) is 5.91 Å². The summed E-state index contributed by atoms with van der Waals surface area (Å²) in [6.45, 7) is 12.5. The second kappa shape index (κ2) is 12.3. The molecule has 0 radical (unpaired) electrons. The molecule has 0 fully saturated rings. The average Bonchev–Trinajstić information content (AvgIpc) is 2.59. The van der Waals surface area contributed by atoms with Gasteiger partial charge in [-0.3, -0.25) is 14.6 Å². The SMILES string of the molecule is C=C/C=C\C(=C/C)CNC(=O)CN(N)C(=O)C(=C/C=C)/C(N)=C\C=C. The lowest BCUT2D eigenvalue weighted by molar-refractivity contribution is -0.133. The van der Waals surface area contributed by atoms with E-state index in [0.717, 1.165) is 10.6 Å². The summed E-state index contributed by atoms with van der Waals surface area (Å²) < 4.78 is 0. The predicted octanol–water partition coefficient (Wildman–Crippen LogP) is 1.63. The van der Waals surface area contributed by atoms with E-state index >= 15 is 0 Å². The van der Waals surface area contributed by atoms with E-state index in [1.54, 1.807) is 12.2 Å². The van der Waals surface area contributed by atoms with Crippen molar-refractivity contribution in [1.29, 1.82) is 0 Å². The van der Waals surface area contributed by atoms with Crippen LogP contribution in [-0.4, -0.2) is 29.9 Å². The van der Waals surface area contributed by atoms with Crippen LogP contribution in [0.1, 0.15) is 6.92 Å². The van der Waals surface area contributed by atoms with Gasteiger partial charge in [0.05, 0.1) is 5.57 Å². The van der Waals surface area contributed by atoms with Crippen molar-refractivity contribution < 1.29 is 9.59 Å². The molecule has 6 nitrogen and oxygen atoms in total. The Hall–Kier alpha value is -3.12. The zero-order chi connectivity index (χ0) is 19.2. The minimum Gasteiger partial charge on any atom is -0.398 e. The van der Waals surface area contributed by atoms with E-state index in [0.29, 0.717) is 6.54 Å². The molecule has 6 heteroatoms. The lowest BCUT2D eigenvalue weighted by atomic mass is 10.1. The zero-order valence-corrected chi connectivity index (χ0v) is 14.6. The van der Waals surface area contributed by atoms with Gasteiger partial charge in [-0.05, 0) is 24.6 Å². The molecule has 0 aliphatic heterocycles. The predicted molar refractivity (Wildman–Crippen MR) is 103 cm³/mol. The minimum absolute atomic E-state index is 0.133. The van der Waals surface area contributed by atoms with Crippen molar-refractivity contribution in [3.05, 3.63) is 85.2 Å². The van der Waals surface area contributed by atoms with Crippen LogP contribution in [-0.2, 0) is 9.59 Å². The first-order chi connectivity index (χ1) is 11.9. The third-order valence-electron chi connectivity index (χ3n) is 3.01. The fourth-order valence-electron chi connectivity index (χ4n) is 1.71. The number of carbonyl (C=O) groups is 2. The average molecular weight is 342 g/mol. The molecule has 0 aliphatic carbocycles. The van der Waals surface area contributed by atoms with Gasteiger partial charge in [0.15, 0.2) is 0 Å². The maximum atomic E-state index is 12.3. The number of hydrazine groups is 1. The fourth-order valence-corrected chi connectivity index (χ4v) is 1.71. The summed E-state index contributed by atoms with van der Waals surface area (Å²) in [6, 6.07) is 0. The molecule has 0 aliphatic rings. The molecular formula is C19H26N4O2. The number of nitrogens with zero attached hydrogens (tertiary/aromatic N) is 1. The van der Waals surface area contributed by atoms with Crippen molar-refractivity contribution in [1.82, 2.24) is 10.3 Å².